The predicted octanol–water partition coefficient (Wildman–Crippen LogP) is 2.28. The standard InChI is InChI=1S/C12H24N2O/c1-12(2,11-13)7-5-8-14(3)9-6-10-15-4/h5-10H2,1-4H3. The zero-order valence-corrected chi connectivity index (χ0v) is 10.5. The number of ether oxygens (including phenoxy) is 1. The first-order valence-electron chi connectivity index (χ1n) is 5.60. The molecule has 0 spiro atoms. The zero-order valence-electron chi connectivity index (χ0n) is 10.5. The first-order chi connectivity index (χ1) is 7.02. The normalized spacial score (nSPS) is 11.7. The van der Waals surface area contributed by atoms with E-state index in [1.165, 1.54) is 0 Å². The van der Waals surface area contributed by atoms with E-state index in [4.69, 9.17) is 10.00 Å². The van der Waals surface area contributed by atoms with Crippen LogP contribution in [0, 0.1) is 16.7 Å². The van der Waals surface area contributed by atoms with Gasteiger partial charge in [0.25, 0.3) is 0 Å². The Morgan fingerprint density at radius 3 is 2.40 bits per heavy atom. The van der Waals surface area contributed by atoms with Gasteiger partial charge in [-0.2, -0.15) is 5.26 Å². The number of nitrogens with zero attached hydrogens (tertiary/aromatic N) is 2. The third-order valence-corrected chi connectivity index (χ3v) is 2.53. The van der Waals surface area contributed by atoms with Gasteiger partial charge in [0, 0.05) is 20.3 Å². The Balaban J connectivity index is 3.47. The molecule has 0 saturated carbocycles. The van der Waals surface area contributed by atoms with E-state index in [9.17, 15) is 0 Å². The summed E-state index contributed by atoms with van der Waals surface area (Å²) >= 11 is 0. The largest absolute Gasteiger partial charge is 0.385 e. The Morgan fingerprint density at radius 1 is 1.27 bits per heavy atom. The molecule has 88 valence electrons. The van der Waals surface area contributed by atoms with E-state index in [2.05, 4.69) is 18.0 Å². The molecule has 0 atom stereocenters. The fourth-order valence-corrected chi connectivity index (χ4v) is 1.44. The van der Waals surface area contributed by atoms with Crippen LogP contribution >= 0.6 is 0 Å². The maximum absolute atomic E-state index is 8.85. The lowest BCUT2D eigenvalue weighted by atomic mass is 9.90. The summed E-state index contributed by atoms with van der Waals surface area (Å²) in [7, 11) is 3.85. The Morgan fingerprint density at radius 2 is 1.87 bits per heavy atom. The Labute approximate surface area is 94.0 Å². The Hall–Kier alpha value is -0.590. The third-order valence-electron chi connectivity index (χ3n) is 2.53. The number of rotatable bonds is 8. The summed E-state index contributed by atoms with van der Waals surface area (Å²) in [5.41, 5.74) is -0.173. The summed E-state index contributed by atoms with van der Waals surface area (Å²) in [6, 6.07) is 2.33. The maximum atomic E-state index is 8.85. The molecule has 0 unspecified atom stereocenters. The molecular weight excluding hydrogens is 188 g/mol. The van der Waals surface area contributed by atoms with Crippen molar-refractivity contribution in [2.45, 2.75) is 33.1 Å². The molecule has 0 aliphatic carbocycles. The van der Waals surface area contributed by atoms with Gasteiger partial charge in [0.2, 0.25) is 0 Å². The van der Waals surface area contributed by atoms with E-state index in [-0.39, 0.29) is 5.41 Å². The topological polar surface area (TPSA) is 36.3 Å². The van der Waals surface area contributed by atoms with E-state index in [1.807, 2.05) is 13.8 Å². The molecule has 0 aliphatic heterocycles. The van der Waals surface area contributed by atoms with Gasteiger partial charge in [-0.05, 0) is 46.7 Å². The minimum atomic E-state index is -0.173. The van der Waals surface area contributed by atoms with E-state index in [0.29, 0.717) is 0 Å². The summed E-state index contributed by atoms with van der Waals surface area (Å²) in [6.07, 6.45) is 3.14. The smallest absolute Gasteiger partial charge is 0.0683 e. The van der Waals surface area contributed by atoms with Crippen molar-refractivity contribution in [3.8, 4) is 6.07 Å². The van der Waals surface area contributed by atoms with Crippen molar-refractivity contribution in [3.63, 3.8) is 0 Å². The van der Waals surface area contributed by atoms with Crippen molar-refractivity contribution in [1.29, 1.82) is 5.26 Å². The summed E-state index contributed by atoms with van der Waals surface area (Å²) in [4.78, 5) is 2.30. The van der Waals surface area contributed by atoms with E-state index >= 15 is 0 Å². The highest BCUT2D eigenvalue weighted by Crippen LogP contribution is 2.20. The summed E-state index contributed by atoms with van der Waals surface area (Å²) in [5.74, 6) is 0. The van der Waals surface area contributed by atoms with E-state index in [1.54, 1.807) is 7.11 Å². The molecule has 3 heteroatoms. The molecule has 15 heavy (non-hydrogen) atoms. The molecule has 0 bridgehead atoms. The highest BCUT2D eigenvalue weighted by molar-refractivity contribution is 4.91. The molecule has 0 amide bonds. The average Bonchev–Trinajstić information content (AvgIpc) is 2.18. The minimum Gasteiger partial charge on any atom is -0.385 e. The van der Waals surface area contributed by atoms with Crippen molar-refractivity contribution in [1.82, 2.24) is 4.90 Å². The fourth-order valence-electron chi connectivity index (χ4n) is 1.44. The van der Waals surface area contributed by atoms with Crippen LogP contribution in [0.5, 0.6) is 0 Å². The van der Waals surface area contributed by atoms with E-state index < -0.39 is 0 Å². The number of hydrogen-bond donors (Lipinski definition) is 0. The van der Waals surface area contributed by atoms with Crippen LogP contribution in [0.1, 0.15) is 33.1 Å². The summed E-state index contributed by atoms with van der Waals surface area (Å²) in [6.45, 7) is 6.96. The van der Waals surface area contributed by atoms with Crippen molar-refractivity contribution in [2.24, 2.45) is 5.41 Å². The van der Waals surface area contributed by atoms with Crippen LogP contribution in [0.2, 0.25) is 0 Å². The predicted molar refractivity (Wildman–Crippen MR) is 62.6 cm³/mol. The molecule has 0 aromatic heterocycles. The molecule has 0 heterocycles. The van der Waals surface area contributed by atoms with Gasteiger partial charge in [-0.1, -0.05) is 0 Å². The second-order valence-corrected chi connectivity index (χ2v) is 4.75. The van der Waals surface area contributed by atoms with Gasteiger partial charge in [0.1, 0.15) is 0 Å². The van der Waals surface area contributed by atoms with Gasteiger partial charge in [-0.15, -0.1) is 0 Å². The summed E-state index contributed by atoms with van der Waals surface area (Å²) < 4.78 is 5.00. The molecule has 0 N–H and O–H groups in total. The Kier molecular flexibility index (Phi) is 7.37. The minimum absolute atomic E-state index is 0.173. The lowest BCUT2D eigenvalue weighted by Crippen LogP contribution is -2.23. The molecular formula is C12H24N2O. The first-order valence-corrected chi connectivity index (χ1v) is 5.60. The molecule has 0 aromatic carbocycles. The van der Waals surface area contributed by atoms with Crippen LogP contribution in [-0.2, 0) is 4.74 Å². The molecule has 3 nitrogen and oxygen atoms in total. The number of hydrogen-bond acceptors (Lipinski definition) is 3. The lowest BCUT2D eigenvalue weighted by molar-refractivity contribution is 0.178. The summed E-state index contributed by atoms with van der Waals surface area (Å²) in [5, 5.41) is 8.85. The van der Waals surface area contributed by atoms with E-state index in [0.717, 1.165) is 39.0 Å². The van der Waals surface area contributed by atoms with Gasteiger partial charge >= 0.3 is 0 Å². The molecule has 0 saturated heterocycles. The van der Waals surface area contributed by atoms with Crippen molar-refractivity contribution >= 4 is 0 Å². The van der Waals surface area contributed by atoms with Gasteiger partial charge < -0.3 is 9.64 Å². The lowest BCUT2D eigenvalue weighted by Gasteiger charge is -2.19. The van der Waals surface area contributed by atoms with Gasteiger partial charge in [-0.3, -0.25) is 0 Å². The van der Waals surface area contributed by atoms with Crippen LogP contribution in [0.15, 0.2) is 0 Å². The Bertz CT molecular complexity index is 196. The van der Waals surface area contributed by atoms with Crippen LogP contribution in [0.3, 0.4) is 0 Å². The highest BCUT2D eigenvalue weighted by atomic mass is 16.5. The molecule has 0 rings (SSSR count). The van der Waals surface area contributed by atoms with Crippen LogP contribution < -0.4 is 0 Å². The monoisotopic (exact) mass is 212 g/mol. The van der Waals surface area contributed by atoms with Crippen molar-refractivity contribution in [3.05, 3.63) is 0 Å². The zero-order chi connectivity index (χ0) is 11.7. The maximum Gasteiger partial charge on any atom is 0.0683 e. The fraction of sp³-hybridized carbons (Fsp3) is 0.917. The van der Waals surface area contributed by atoms with Crippen LogP contribution in [0.4, 0.5) is 0 Å². The molecule has 0 aliphatic rings. The van der Waals surface area contributed by atoms with Crippen molar-refractivity contribution in [2.75, 3.05) is 33.9 Å². The molecule has 0 radical (unpaired) electrons. The van der Waals surface area contributed by atoms with Crippen LogP contribution in [0.25, 0.3) is 0 Å². The number of nitriles is 1. The average molecular weight is 212 g/mol. The van der Waals surface area contributed by atoms with Crippen molar-refractivity contribution < 1.29 is 4.74 Å². The molecule has 0 aromatic rings. The number of methoxy groups -OCH3 is 1. The van der Waals surface area contributed by atoms with Crippen LogP contribution in [-0.4, -0.2) is 38.8 Å². The van der Waals surface area contributed by atoms with Gasteiger partial charge in [0.05, 0.1) is 11.5 Å². The highest BCUT2D eigenvalue weighted by Gasteiger charge is 2.15. The second-order valence-electron chi connectivity index (χ2n) is 4.75. The third kappa shape index (κ3) is 8.41. The van der Waals surface area contributed by atoms with Gasteiger partial charge in [0.15, 0.2) is 0 Å². The molecule has 0 fully saturated rings. The van der Waals surface area contributed by atoms with Gasteiger partial charge in [-0.25, -0.2) is 0 Å². The SMILES string of the molecule is COCCCN(C)CCCC(C)(C)C#N. The quantitative estimate of drug-likeness (QED) is 0.579. The second kappa shape index (κ2) is 7.67. The first kappa shape index (κ1) is 14.4.